The molecule has 0 fully saturated rings. The zero-order valence-corrected chi connectivity index (χ0v) is 12.6. The number of hydrogen-bond donors (Lipinski definition) is 0. The lowest BCUT2D eigenvalue weighted by Crippen LogP contribution is -2.04. The van der Waals surface area contributed by atoms with E-state index in [1.165, 1.54) is 0 Å². The second-order valence-electron chi connectivity index (χ2n) is 4.77. The van der Waals surface area contributed by atoms with Crippen LogP contribution in [-0.4, -0.2) is 17.5 Å². The van der Waals surface area contributed by atoms with E-state index in [0.29, 0.717) is 6.61 Å². The van der Waals surface area contributed by atoms with Crippen molar-refractivity contribution < 1.29 is 9.53 Å². The van der Waals surface area contributed by atoms with Crippen LogP contribution in [0.15, 0.2) is 24.3 Å². The summed E-state index contributed by atoms with van der Waals surface area (Å²) in [5.41, 5.74) is 4.99. The van der Waals surface area contributed by atoms with Gasteiger partial charge in [0.25, 0.3) is 0 Å². The van der Waals surface area contributed by atoms with Gasteiger partial charge in [-0.3, -0.25) is 4.79 Å². The molecular weight excluding hydrogens is 250 g/mol. The van der Waals surface area contributed by atoms with E-state index < -0.39 is 0 Å². The summed E-state index contributed by atoms with van der Waals surface area (Å²) in [6.45, 7) is 8.71. The van der Waals surface area contributed by atoms with Crippen LogP contribution in [0.25, 0.3) is 5.69 Å². The average molecular weight is 271 g/mol. The SMILES string of the molecule is CCOc1ccccc1-n1c(C)c(C=O)c(CC)c1C. The highest BCUT2D eigenvalue weighted by molar-refractivity contribution is 5.81. The van der Waals surface area contributed by atoms with E-state index in [1.54, 1.807) is 0 Å². The van der Waals surface area contributed by atoms with Crippen LogP contribution in [0.5, 0.6) is 5.75 Å². The third kappa shape index (κ3) is 2.24. The summed E-state index contributed by atoms with van der Waals surface area (Å²) in [7, 11) is 0. The maximum absolute atomic E-state index is 11.4. The normalized spacial score (nSPS) is 10.6. The maximum Gasteiger partial charge on any atom is 0.152 e. The second-order valence-corrected chi connectivity index (χ2v) is 4.77. The third-order valence-electron chi connectivity index (χ3n) is 3.70. The minimum absolute atomic E-state index is 0.623. The minimum atomic E-state index is 0.623. The summed E-state index contributed by atoms with van der Waals surface area (Å²) >= 11 is 0. The first-order chi connectivity index (χ1) is 9.65. The Balaban J connectivity index is 2.70. The van der Waals surface area contributed by atoms with Crippen LogP contribution in [0.3, 0.4) is 0 Å². The lowest BCUT2D eigenvalue weighted by atomic mass is 10.1. The first-order valence-electron chi connectivity index (χ1n) is 7.03. The van der Waals surface area contributed by atoms with Crippen molar-refractivity contribution in [2.75, 3.05) is 6.61 Å². The molecule has 3 heteroatoms. The van der Waals surface area contributed by atoms with Crippen LogP contribution in [-0.2, 0) is 6.42 Å². The van der Waals surface area contributed by atoms with Gasteiger partial charge in [0.2, 0.25) is 0 Å². The predicted octanol–water partition coefficient (Wildman–Crippen LogP) is 3.87. The van der Waals surface area contributed by atoms with Gasteiger partial charge >= 0.3 is 0 Å². The standard InChI is InChI=1S/C17H21NO2/c1-5-14-12(3)18(13(4)15(14)11-19)16-9-7-8-10-17(16)20-6-2/h7-11H,5-6H2,1-4H3. The van der Waals surface area contributed by atoms with Gasteiger partial charge in [-0.1, -0.05) is 19.1 Å². The number of nitrogens with zero attached hydrogens (tertiary/aromatic N) is 1. The number of carbonyl (C=O) groups excluding carboxylic acids is 1. The first kappa shape index (κ1) is 14.4. The topological polar surface area (TPSA) is 31.2 Å². The van der Waals surface area contributed by atoms with Crippen LogP contribution in [0.2, 0.25) is 0 Å². The number of ether oxygens (including phenoxy) is 1. The van der Waals surface area contributed by atoms with Gasteiger partial charge in [-0.05, 0) is 44.9 Å². The van der Waals surface area contributed by atoms with Crippen molar-refractivity contribution in [1.82, 2.24) is 4.57 Å². The summed E-state index contributed by atoms with van der Waals surface area (Å²) < 4.78 is 7.83. The molecule has 0 radical (unpaired) electrons. The molecule has 0 bridgehead atoms. The number of aromatic nitrogens is 1. The molecular formula is C17H21NO2. The molecule has 1 aromatic carbocycles. The fourth-order valence-corrected chi connectivity index (χ4v) is 2.80. The Kier molecular flexibility index (Phi) is 4.28. The van der Waals surface area contributed by atoms with Crippen molar-refractivity contribution in [1.29, 1.82) is 0 Å². The van der Waals surface area contributed by atoms with Gasteiger partial charge in [-0.2, -0.15) is 0 Å². The van der Waals surface area contributed by atoms with Crippen molar-refractivity contribution in [3.63, 3.8) is 0 Å². The summed E-state index contributed by atoms with van der Waals surface area (Å²) in [6, 6.07) is 7.94. The molecule has 0 N–H and O–H groups in total. The Bertz CT molecular complexity index is 626. The van der Waals surface area contributed by atoms with E-state index >= 15 is 0 Å². The van der Waals surface area contributed by atoms with Gasteiger partial charge in [0, 0.05) is 17.0 Å². The monoisotopic (exact) mass is 271 g/mol. The first-order valence-corrected chi connectivity index (χ1v) is 7.03. The largest absolute Gasteiger partial charge is 0.492 e. The fourth-order valence-electron chi connectivity index (χ4n) is 2.80. The maximum atomic E-state index is 11.4. The van der Waals surface area contributed by atoms with Gasteiger partial charge in [0.15, 0.2) is 6.29 Å². The number of benzene rings is 1. The Labute approximate surface area is 120 Å². The lowest BCUT2D eigenvalue weighted by Gasteiger charge is -2.15. The molecule has 0 amide bonds. The van der Waals surface area contributed by atoms with Crippen LogP contribution >= 0.6 is 0 Å². The third-order valence-corrected chi connectivity index (χ3v) is 3.70. The highest BCUT2D eigenvalue weighted by Crippen LogP contribution is 2.30. The minimum Gasteiger partial charge on any atom is -0.492 e. The number of hydrogen-bond acceptors (Lipinski definition) is 2. The van der Waals surface area contributed by atoms with Crippen molar-refractivity contribution in [2.45, 2.75) is 34.1 Å². The molecule has 0 spiro atoms. The van der Waals surface area contributed by atoms with E-state index in [9.17, 15) is 4.79 Å². The zero-order chi connectivity index (χ0) is 14.7. The molecule has 2 aromatic rings. The van der Waals surface area contributed by atoms with Crippen molar-refractivity contribution in [2.24, 2.45) is 0 Å². The van der Waals surface area contributed by atoms with Gasteiger partial charge in [0.05, 0.1) is 12.3 Å². The van der Waals surface area contributed by atoms with Crippen molar-refractivity contribution >= 4 is 6.29 Å². The second kappa shape index (κ2) is 5.95. The molecule has 0 aliphatic heterocycles. The Morgan fingerprint density at radius 2 is 1.85 bits per heavy atom. The van der Waals surface area contributed by atoms with Crippen LogP contribution in [0.4, 0.5) is 0 Å². The fraction of sp³-hybridized carbons (Fsp3) is 0.353. The van der Waals surface area contributed by atoms with Gasteiger partial charge in [-0.15, -0.1) is 0 Å². The molecule has 0 atom stereocenters. The molecule has 2 rings (SSSR count). The van der Waals surface area contributed by atoms with Crippen LogP contribution in [0.1, 0.15) is 41.2 Å². The Morgan fingerprint density at radius 3 is 2.40 bits per heavy atom. The van der Waals surface area contributed by atoms with Gasteiger partial charge < -0.3 is 9.30 Å². The van der Waals surface area contributed by atoms with Crippen molar-refractivity contribution in [3.8, 4) is 11.4 Å². The van der Waals surface area contributed by atoms with Gasteiger partial charge in [0.1, 0.15) is 5.75 Å². The van der Waals surface area contributed by atoms with Gasteiger partial charge in [-0.25, -0.2) is 0 Å². The predicted molar refractivity (Wildman–Crippen MR) is 81.2 cm³/mol. The molecule has 1 heterocycles. The molecule has 0 saturated heterocycles. The smallest absolute Gasteiger partial charge is 0.152 e. The molecule has 0 aliphatic carbocycles. The average Bonchev–Trinajstić information content (AvgIpc) is 2.70. The molecule has 1 aromatic heterocycles. The molecule has 20 heavy (non-hydrogen) atoms. The summed E-state index contributed by atoms with van der Waals surface area (Å²) in [6.07, 6.45) is 1.81. The van der Waals surface area contributed by atoms with Crippen LogP contribution < -0.4 is 4.74 Å². The Morgan fingerprint density at radius 1 is 1.15 bits per heavy atom. The number of rotatable bonds is 5. The molecule has 0 aliphatic rings. The van der Waals surface area contributed by atoms with E-state index in [0.717, 1.165) is 46.7 Å². The number of carbonyl (C=O) groups is 1. The summed E-state index contributed by atoms with van der Waals surface area (Å²) in [5, 5.41) is 0. The van der Waals surface area contributed by atoms with Crippen molar-refractivity contribution in [3.05, 3.63) is 46.8 Å². The Hall–Kier alpha value is -2.03. The molecule has 0 saturated carbocycles. The van der Waals surface area contributed by atoms with E-state index in [4.69, 9.17) is 4.74 Å². The zero-order valence-electron chi connectivity index (χ0n) is 12.6. The lowest BCUT2D eigenvalue weighted by molar-refractivity contribution is 0.112. The van der Waals surface area contributed by atoms with Crippen LogP contribution in [0, 0.1) is 13.8 Å². The molecule has 3 nitrogen and oxygen atoms in total. The summed E-state index contributed by atoms with van der Waals surface area (Å²) in [4.78, 5) is 11.4. The van der Waals surface area contributed by atoms with E-state index in [2.05, 4.69) is 18.4 Å². The number of aldehydes is 1. The molecule has 106 valence electrons. The quantitative estimate of drug-likeness (QED) is 0.773. The highest BCUT2D eigenvalue weighted by atomic mass is 16.5. The van der Waals surface area contributed by atoms with E-state index in [-0.39, 0.29) is 0 Å². The van der Waals surface area contributed by atoms with E-state index in [1.807, 2.05) is 38.1 Å². The highest BCUT2D eigenvalue weighted by Gasteiger charge is 2.18. The summed E-state index contributed by atoms with van der Waals surface area (Å²) in [5.74, 6) is 0.844. The molecule has 0 unspecified atom stereocenters. The number of para-hydroxylation sites is 2.